The van der Waals surface area contributed by atoms with Crippen molar-refractivity contribution in [3.05, 3.63) is 16.1 Å². The predicted octanol–water partition coefficient (Wildman–Crippen LogP) is 3.57. The summed E-state index contributed by atoms with van der Waals surface area (Å²) < 4.78 is 5.40. The molecule has 1 aromatic heterocycles. The van der Waals surface area contributed by atoms with E-state index in [2.05, 4.69) is 10.4 Å². The first-order valence-electron chi connectivity index (χ1n) is 6.75. The van der Waals surface area contributed by atoms with Crippen LogP contribution < -0.4 is 0 Å². The molecule has 0 bridgehead atoms. The number of ether oxygens (including phenoxy) is 1. The second-order valence-electron chi connectivity index (χ2n) is 6.07. The van der Waals surface area contributed by atoms with Crippen LogP contribution in [0.2, 0.25) is 0 Å². The molecule has 1 fully saturated rings. The number of rotatable bonds is 1. The number of likely N-dealkylation sites (tertiary alicyclic amines) is 1. The second-order valence-corrected chi connectivity index (χ2v) is 6.96. The number of carbonyl (C=O) groups excluding carboxylic acids is 1. The number of aryl methyl sites for hydroxylation is 1. The summed E-state index contributed by atoms with van der Waals surface area (Å²) in [6, 6.07) is 0. The zero-order valence-electron chi connectivity index (χ0n) is 12.1. The van der Waals surface area contributed by atoms with Gasteiger partial charge in [-0.15, -0.1) is 11.3 Å². The highest BCUT2D eigenvalue weighted by atomic mass is 32.1. The van der Waals surface area contributed by atoms with Crippen LogP contribution >= 0.6 is 11.3 Å². The van der Waals surface area contributed by atoms with E-state index in [1.54, 1.807) is 11.3 Å². The molecule has 2 rings (SSSR count). The molecule has 0 N–H and O–H groups in total. The number of carbonyl (C=O) groups is 1. The molecule has 2 heterocycles. The average Bonchev–Trinajstić information content (AvgIpc) is 2.74. The van der Waals surface area contributed by atoms with Gasteiger partial charge in [0.2, 0.25) is 0 Å². The third-order valence-corrected chi connectivity index (χ3v) is 4.26. The van der Waals surface area contributed by atoms with Gasteiger partial charge in [-0.05, 0) is 40.5 Å². The second kappa shape index (κ2) is 5.49. The number of amides is 1. The Morgan fingerprint density at radius 2 is 2.05 bits per heavy atom. The molecular formula is C14H22N2O2S. The summed E-state index contributed by atoms with van der Waals surface area (Å²) in [6.07, 6.45) is 1.76. The molecule has 0 unspecified atom stereocenters. The molecule has 1 amide bonds. The van der Waals surface area contributed by atoms with Crippen LogP contribution in [0.1, 0.15) is 50.2 Å². The summed E-state index contributed by atoms with van der Waals surface area (Å²) in [6.45, 7) is 9.24. The molecule has 1 saturated heterocycles. The highest BCUT2D eigenvalue weighted by Gasteiger charge is 2.28. The fraction of sp³-hybridized carbons (Fsp3) is 0.714. The predicted molar refractivity (Wildman–Crippen MR) is 76.6 cm³/mol. The van der Waals surface area contributed by atoms with Gasteiger partial charge in [0.05, 0.1) is 5.01 Å². The molecule has 0 atom stereocenters. The van der Waals surface area contributed by atoms with Gasteiger partial charge < -0.3 is 9.64 Å². The highest BCUT2D eigenvalue weighted by molar-refractivity contribution is 7.09. The largest absolute Gasteiger partial charge is 0.444 e. The molecule has 0 radical (unpaired) electrons. The normalized spacial score (nSPS) is 17.6. The van der Waals surface area contributed by atoms with E-state index in [1.165, 1.54) is 5.01 Å². The maximum absolute atomic E-state index is 12.0. The Labute approximate surface area is 118 Å². The third kappa shape index (κ3) is 3.93. The van der Waals surface area contributed by atoms with Crippen molar-refractivity contribution in [2.45, 2.75) is 52.1 Å². The molecule has 1 aliphatic rings. The van der Waals surface area contributed by atoms with Crippen LogP contribution in [0.5, 0.6) is 0 Å². The molecule has 0 saturated carbocycles. The summed E-state index contributed by atoms with van der Waals surface area (Å²) >= 11 is 1.73. The maximum atomic E-state index is 12.0. The summed E-state index contributed by atoms with van der Waals surface area (Å²) in [5, 5.41) is 3.30. The van der Waals surface area contributed by atoms with Gasteiger partial charge in [0.15, 0.2) is 0 Å². The van der Waals surface area contributed by atoms with Crippen molar-refractivity contribution >= 4 is 17.4 Å². The van der Waals surface area contributed by atoms with Crippen LogP contribution in [0.3, 0.4) is 0 Å². The van der Waals surface area contributed by atoms with Gasteiger partial charge in [-0.25, -0.2) is 9.78 Å². The van der Waals surface area contributed by atoms with Gasteiger partial charge >= 0.3 is 6.09 Å². The Morgan fingerprint density at radius 3 is 2.53 bits per heavy atom. The first-order chi connectivity index (χ1) is 8.85. The molecule has 4 nitrogen and oxygen atoms in total. The van der Waals surface area contributed by atoms with Crippen LogP contribution in [0.15, 0.2) is 5.38 Å². The average molecular weight is 282 g/mol. The molecule has 1 aromatic rings. The topological polar surface area (TPSA) is 42.4 Å². The lowest BCUT2D eigenvalue weighted by molar-refractivity contribution is 0.0205. The van der Waals surface area contributed by atoms with E-state index in [-0.39, 0.29) is 6.09 Å². The van der Waals surface area contributed by atoms with Gasteiger partial charge in [-0.2, -0.15) is 0 Å². The first-order valence-corrected chi connectivity index (χ1v) is 7.63. The van der Waals surface area contributed by atoms with Crippen LogP contribution in [0.25, 0.3) is 0 Å². The summed E-state index contributed by atoms with van der Waals surface area (Å²) in [5.74, 6) is 0.498. The van der Waals surface area contributed by atoms with Crippen molar-refractivity contribution in [3.8, 4) is 0 Å². The lowest BCUT2D eigenvalue weighted by atomic mass is 9.98. The fourth-order valence-electron chi connectivity index (χ4n) is 2.20. The van der Waals surface area contributed by atoms with E-state index in [9.17, 15) is 4.79 Å². The van der Waals surface area contributed by atoms with Gasteiger partial charge in [0, 0.05) is 30.1 Å². The molecule has 19 heavy (non-hydrogen) atoms. The van der Waals surface area contributed by atoms with E-state index in [0.717, 1.165) is 31.6 Å². The molecule has 106 valence electrons. The highest BCUT2D eigenvalue weighted by Crippen LogP contribution is 2.30. The summed E-state index contributed by atoms with van der Waals surface area (Å²) in [5.41, 5.74) is 0.676. The van der Waals surface area contributed by atoms with Crippen molar-refractivity contribution in [2.75, 3.05) is 13.1 Å². The van der Waals surface area contributed by atoms with Gasteiger partial charge in [-0.3, -0.25) is 0 Å². The number of aromatic nitrogens is 1. The smallest absolute Gasteiger partial charge is 0.410 e. The molecule has 5 heteroatoms. The van der Waals surface area contributed by atoms with Crippen molar-refractivity contribution in [1.29, 1.82) is 0 Å². The third-order valence-electron chi connectivity index (χ3n) is 3.13. The number of hydrogen-bond acceptors (Lipinski definition) is 4. The molecular weight excluding hydrogens is 260 g/mol. The molecule has 0 spiro atoms. The zero-order chi connectivity index (χ0) is 14.0. The van der Waals surface area contributed by atoms with Crippen LogP contribution in [-0.2, 0) is 4.74 Å². The van der Waals surface area contributed by atoms with E-state index < -0.39 is 5.60 Å². The van der Waals surface area contributed by atoms with Gasteiger partial charge in [-0.1, -0.05) is 0 Å². The summed E-state index contributed by atoms with van der Waals surface area (Å²) in [7, 11) is 0. The number of hydrogen-bond donors (Lipinski definition) is 0. The van der Waals surface area contributed by atoms with E-state index in [0.29, 0.717) is 5.92 Å². The lowest BCUT2D eigenvalue weighted by Crippen LogP contribution is -2.41. The lowest BCUT2D eigenvalue weighted by Gasteiger charge is -2.32. The monoisotopic (exact) mass is 282 g/mol. The number of nitrogens with zero attached hydrogens (tertiary/aromatic N) is 2. The van der Waals surface area contributed by atoms with Crippen molar-refractivity contribution in [2.24, 2.45) is 0 Å². The quantitative estimate of drug-likeness (QED) is 0.791. The fourth-order valence-corrected chi connectivity index (χ4v) is 3.16. The van der Waals surface area contributed by atoms with Crippen molar-refractivity contribution < 1.29 is 9.53 Å². The standard InChI is InChI=1S/C14H22N2O2S/c1-10-9-19-12(15-10)11-5-7-16(8-6-11)13(17)18-14(2,3)4/h9,11H,5-8H2,1-4H3. The SMILES string of the molecule is Cc1csc(C2CCN(C(=O)OC(C)(C)C)CC2)n1. The zero-order valence-corrected chi connectivity index (χ0v) is 12.9. The minimum Gasteiger partial charge on any atom is -0.444 e. The minimum absolute atomic E-state index is 0.193. The Kier molecular flexibility index (Phi) is 4.13. The van der Waals surface area contributed by atoms with E-state index in [4.69, 9.17) is 4.74 Å². The van der Waals surface area contributed by atoms with Gasteiger partial charge in [0.1, 0.15) is 5.60 Å². The Balaban J connectivity index is 1.87. The van der Waals surface area contributed by atoms with Crippen LogP contribution in [0.4, 0.5) is 4.79 Å². The maximum Gasteiger partial charge on any atom is 0.410 e. The van der Waals surface area contributed by atoms with Crippen LogP contribution in [-0.4, -0.2) is 34.7 Å². The minimum atomic E-state index is -0.416. The van der Waals surface area contributed by atoms with E-state index >= 15 is 0 Å². The summed E-state index contributed by atoms with van der Waals surface area (Å²) in [4.78, 5) is 18.3. The molecule has 0 aromatic carbocycles. The molecule has 1 aliphatic heterocycles. The number of thiazole rings is 1. The Hall–Kier alpha value is -1.10. The van der Waals surface area contributed by atoms with Crippen molar-refractivity contribution in [3.63, 3.8) is 0 Å². The van der Waals surface area contributed by atoms with E-state index in [1.807, 2.05) is 32.6 Å². The van der Waals surface area contributed by atoms with Crippen molar-refractivity contribution in [1.82, 2.24) is 9.88 Å². The van der Waals surface area contributed by atoms with Crippen LogP contribution in [0, 0.1) is 6.92 Å². The molecule has 0 aliphatic carbocycles. The van der Waals surface area contributed by atoms with Gasteiger partial charge in [0.25, 0.3) is 0 Å². The first kappa shape index (κ1) is 14.3. The number of piperidine rings is 1. The Morgan fingerprint density at radius 1 is 1.42 bits per heavy atom. The Bertz CT molecular complexity index is 443.